The molecule has 22 heavy (non-hydrogen) atoms. The van der Waals surface area contributed by atoms with Gasteiger partial charge in [-0.15, -0.1) is 0 Å². The molecule has 0 atom stereocenters. The van der Waals surface area contributed by atoms with E-state index in [1.54, 1.807) is 17.0 Å². The maximum Gasteiger partial charge on any atom is 0.409 e. The predicted molar refractivity (Wildman–Crippen MR) is 86.8 cm³/mol. The third kappa shape index (κ3) is 4.13. The van der Waals surface area contributed by atoms with Crippen molar-refractivity contribution in [1.29, 1.82) is 0 Å². The lowest BCUT2D eigenvalue weighted by molar-refractivity contribution is 0.0901. The van der Waals surface area contributed by atoms with E-state index in [0.29, 0.717) is 49.3 Å². The highest BCUT2D eigenvalue weighted by Crippen LogP contribution is 2.27. The maximum absolute atomic E-state index is 11.9. The molecule has 1 aromatic rings. The van der Waals surface area contributed by atoms with E-state index in [1.807, 2.05) is 19.9 Å². The van der Waals surface area contributed by atoms with Crippen LogP contribution in [0.4, 0.5) is 10.5 Å². The van der Waals surface area contributed by atoms with Gasteiger partial charge in [-0.1, -0.05) is 25.4 Å². The number of ether oxygens (including phenoxy) is 1. The van der Waals surface area contributed by atoms with Crippen molar-refractivity contribution < 1.29 is 14.3 Å². The molecule has 1 aliphatic heterocycles. The van der Waals surface area contributed by atoms with Crippen molar-refractivity contribution in [3.63, 3.8) is 0 Å². The Bertz CT molecular complexity index is 540. The number of halogens is 1. The highest BCUT2D eigenvalue weighted by Gasteiger charge is 2.23. The van der Waals surface area contributed by atoms with Crippen LogP contribution >= 0.6 is 11.6 Å². The second kappa shape index (κ2) is 7.49. The van der Waals surface area contributed by atoms with Gasteiger partial charge in [-0.05, 0) is 24.1 Å². The molecule has 1 heterocycles. The van der Waals surface area contributed by atoms with Crippen LogP contribution in [0.3, 0.4) is 0 Å². The third-order valence-electron chi connectivity index (χ3n) is 3.53. The Morgan fingerprint density at radius 2 is 2.00 bits per heavy atom. The van der Waals surface area contributed by atoms with E-state index >= 15 is 0 Å². The van der Waals surface area contributed by atoms with E-state index in [1.165, 1.54) is 0 Å². The first kappa shape index (κ1) is 16.6. The van der Waals surface area contributed by atoms with Gasteiger partial charge >= 0.3 is 6.09 Å². The number of amides is 1. The smallest absolute Gasteiger partial charge is 0.409 e. The van der Waals surface area contributed by atoms with Gasteiger partial charge < -0.3 is 14.5 Å². The fourth-order valence-corrected chi connectivity index (χ4v) is 2.62. The van der Waals surface area contributed by atoms with Gasteiger partial charge in [0, 0.05) is 31.7 Å². The number of nitrogens with zero attached hydrogens (tertiary/aromatic N) is 2. The number of hydrogen-bond acceptors (Lipinski definition) is 4. The molecular weight excluding hydrogens is 304 g/mol. The fraction of sp³-hybridized carbons (Fsp3) is 0.500. The molecule has 1 fully saturated rings. The van der Waals surface area contributed by atoms with Crippen molar-refractivity contribution in [1.82, 2.24) is 4.90 Å². The molecule has 0 unspecified atom stereocenters. The van der Waals surface area contributed by atoms with Crippen LogP contribution in [0.15, 0.2) is 18.2 Å². The number of benzene rings is 1. The van der Waals surface area contributed by atoms with Crippen molar-refractivity contribution in [3.8, 4) is 0 Å². The average Bonchev–Trinajstić information content (AvgIpc) is 2.52. The fourth-order valence-electron chi connectivity index (χ4n) is 2.31. The Kier molecular flexibility index (Phi) is 5.66. The van der Waals surface area contributed by atoms with Crippen LogP contribution in [0, 0.1) is 5.92 Å². The highest BCUT2D eigenvalue weighted by molar-refractivity contribution is 6.33. The molecule has 0 spiro atoms. The second-order valence-electron chi connectivity index (χ2n) is 5.77. The molecule has 0 N–H and O–H groups in total. The van der Waals surface area contributed by atoms with Crippen LogP contribution in [0.2, 0.25) is 5.02 Å². The zero-order valence-corrected chi connectivity index (χ0v) is 13.7. The molecule has 1 aromatic carbocycles. The molecule has 0 aromatic heterocycles. The van der Waals surface area contributed by atoms with Crippen LogP contribution in [0.1, 0.15) is 24.2 Å². The first-order chi connectivity index (χ1) is 10.5. The first-order valence-electron chi connectivity index (χ1n) is 7.42. The number of rotatable bonds is 4. The topological polar surface area (TPSA) is 49.9 Å². The van der Waals surface area contributed by atoms with Crippen molar-refractivity contribution in [3.05, 3.63) is 28.8 Å². The van der Waals surface area contributed by atoms with Gasteiger partial charge in [-0.3, -0.25) is 4.79 Å². The Balaban J connectivity index is 1.92. The Morgan fingerprint density at radius 3 is 2.55 bits per heavy atom. The van der Waals surface area contributed by atoms with Gasteiger partial charge in [-0.25, -0.2) is 4.79 Å². The van der Waals surface area contributed by atoms with Crippen LogP contribution in [-0.2, 0) is 4.74 Å². The largest absolute Gasteiger partial charge is 0.449 e. The lowest BCUT2D eigenvalue weighted by Gasteiger charge is -2.36. The number of aldehydes is 1. The summed E-state index contributed by atoms with van der Waals surface area (Å²) in [5.74, 6) is 0.334. The van der Waals surface area contributed by atoms with E-state index in [2.05, 4.69) is 4.90 Å². The monoisotopic (exact) mass is 324 g/mol. The molecule has 0 radical (unpaired) electrons. The van der Waals surface area contributed by atoms with Gasteiger partial charge in [0.2, 0.25) is 0 Å². The van der Waals surface area contributed by atoms with Crippen LogP contribution < -0.4 is 4.90 Å². The minimum atomic E-state index is -0.254. The number of anilines is 1. The molecule has 0 saturated carbocycles. The third-order valence-corrected chi connectivity index (χ3v) is 3.83. The minimum absolute atomic E-state index is 0.254. The van der Waals surface area contributed by atoms with Crippen LogP contribution in [0.25, 0.3) is 0 Å². The molecule has 0 aliphatic carbocycles. The van der Waals surface area contributed by atoms with Crippen molar-refractivity contribution >= 4 is 29.7 Å². The van der Waals surface area contributed by atoms with Gasteiger partial charge in [0.15, 0.2) is 0 Å². The summed E-state index contributed by atoms with van der Waals surface area (Å²) in [7, 11) is 0. The minimum Gasteiger partial charge on any atom is -0.449 e. The molecule has 120 valence electrons. The van der Waals surface area contributed by atoms with Crippen LogP contribution in [-0.4, -0.2) is 50.1 Å². The number of piperazine rings is 1. The summed E-state index contributed by atoms with van der Waals surface area (Å²) in [6.07, 6.45) is 0.522. The summed E-state index contributed by atoms with van der Waals surface area (Å²) < 4.78 is 5.24. The maximum atomic E-state index is 11.9. The number of carbonyl (C=O) groups excluding carboxylic acids is 2. The standard InChI is InChI=1S/C16H21ClN2O3/c1-12(2)11-22-16(21)19-7-5-18(6-8-19)15-4-3-13(10-20)9-14(15)17/h3-4,9-10,12H,5-8,11H2,1-2H3. The summed E-state index contributed by atoms with van der Waals surface area (Å²) in [6.45, 7) is 7.05. The van der Waals surface area contributed by atoms with Gasteiger partial charge in [-0.2, -0.15) is 0 Å². The zero-order valence-electron chi connectivity index (χ0n) is 12.9. The summed E-state index contributed by atoms with van der Waals surface area (Å²) in [5, 5.41) is 0.556. The van der Waals surface area contributed by atoms with E-state index in [0.717, 1.165) is 12.0 Å². The Morgan fingerprint density at radius 1 is 1.32 bits per heavy atom. The molecule has 2 rings (SSSR count). The van der Waals surface area contributed by atoms with Gasteiger partial charge in [0.1, 0.15) is 6.29 Å². The van der Waals surface area contributed by atoms with Crippen molar-refractivity contribution in [2.75, 3.05) is 37.7 Å². The molecule has 6 heteroatoms. The van der Waals surface area contributed by atoms with Gasteiger partial charge in [0.25, 0.3) is 0 Å². The summed E-state index contributed by atoms with van der Waals surface area (Å²) in [6, 6.07) is 5.25. The number of hydrogen-bond donors (Lipinski definition) is 0. The summed E-state index contributed by atoms with van der Waals surface area (Å²) in [5.41, 5.74) is 1.45. The lowest BCUT2D eigenvalue weighted by atomic mass is 10.2. The average molecular weight is 325 g/mol. The van der Waals surface area contributed by atoms with E-state index in [-0.39, 0.29) is 6.09 Å². The Labute approximate surface area is 135 Å². The quantitative estimate of drug-likeness (QED) is 0.799. The van der Waals surface area contributed by atoms with E-state index in [4.69, 9.17) is 16.3 Å². The molecule has 0 bridgehead atoms. The normalized spacial score (nSPS) is 15.1. The van der Waals surface area contributed by atoms with E-state index in [9.17, 15) is 9.59 Å². The molecule has 5 nitrogen and oxygen atoms in total. The highest BCUT2D eigenvalue weighted by atomic mass is 35.5. The molecule has 1 saturated heterocycles. The van der Waals surface area contributed by atoms with Crippen molar-refractivity contribution in [2.24, 2.45) is 5.92 Å². The number of carbonyl (C=O) groups is 2. The van der Waals surface area contributed by atoms with Crippen molar-refractivity contribution in [2.45, 2.75) is 13.8 Å². The predicted octanol–water partition coefficient (Wildman–Crippen LogP) is 3.07. The van der Waals surface area contributed by atoms with Gasteiger partial charge in [0.05, 0.1) is 17.3 Å². The summed E-state index contributed by atoms with van der Waals surface area (Å²) in [4.78, 5) is 26.5. The molecular formula is C16H21ClN2O3. The molecule has 1 aliphatic rings. The van der Waals surface area contributed by atoms with E-state index < -0.39 is 0 Å². The lowest BCUT2D eigenvalue weighted by Crippen LogP contribution is -2.49. The first-order valence-corrected chi connectivity index (χ1v) is 7.80. The molecule has 1 amide bonds. The Hall–Kier alpha value is -1.75. The summed E-state index contributed by atoms with van der Waals surface area (Å²) >= 11 is 6.22. The van der Waals surface area contributed by atoms with Crippen LogP contribution in [0.5, 0.6) is 0 Å². The second-order valence-corrected chi connectivity index (χ2v) is 6.18. The SMILES string of the molecule is CC(C)COC(=O)N1CCN(c2ccc(C=O)cc2Cl)CC1. The zero-order chi connectivity index (χ0) is 16.1.